The second kappa shape index (κ2) is 11.7. The lowest BCUT2D eigenvalue weighted by molar-refractivity contribution is -0.148. The lowest BCUT2D eigenvalue weighted by atomic mass is 10.0. The summed E-state index contributed by atoms with van der Waals surface area (Å²) in [4.78, 5) is 34.8. The highest BCUT2D eigenvalue weighted by Crippen LogP contribution is 2.10. The predicted molar refractivity (Wildman–Crippen MR) is 102 cm³/mol. The number of hydrogen-bond donors (Lipinski definition) is 2. The van der Waals surface area contributed by atoms with E-state index in [9.17, 15) is 14.4 Å². The molecule has 0 radical (unpaired) electrons. The van der Waals surface area contributed by atoms with Crippen molar-refractivity contribution in [2.24, 2.45) is 5.92 Å². The Morgan fingerprint density at radius 1 is 0.815 bits per heavy atom. The smallest absolute Gasteiger partial charge is 0.407 e. The van der Waals surface area contributed by atoms with Gasteiger partial charge in [-0.05, 0) is 54.4 Å². The average molecular weight is 389 g/mol. The third-order valence-electron chi connectivity index (χ3n) is 3.15. The summed E-state index contributed by atoms with van der Waals surface area (Å²) in [6, 6.07) is 0. The topological polar surface area (TPSA) is 103 Å². The van der Waals surface area contributed by atoms with Gasteiger partial charge in [0.25, 0.3) is 0 Å². The number of nitrogens with one attached hydrogen (secondary N) is 2. The van der Waals surface area contributed by atoms with E-state index in [1.165, 1.54) is 0 Å². The van der Waals surface area contributed by atoms with Crippen molar-refractivity contribution in [3.63, 3.8) is 0 Å². The molecule has 0 aromatic carbocycles. The SMILES string of the molecule is C[C@@H](CCCCNC(=O)OC(C)(C)C)C(=O)OCCNC(=O)OC(C)(C)C. The predicted octanol–water partition coefficient (Wildman–Crippen LogP) is 3.39. The quantitative estimate of drug-likeness (QED) is 0.356. The number of amides is 2. The Morgan fingerprint density at radius 3 is 1.78 bits per heavy atom. The second-order valence-corrected chi connectivity index (χ2v) is 8.42. The van der Waals surface area contributed by atoms with Crippen LogP contribution in [0.1, 0.15) is 67.7 Å². The van der Waals surface area contributed by atoms with Gasteiger partial charge in [0.15, 0.2) is 0 Å². The van der Waals surface area contributed by atoms with Crippen LogP contribution in [0.15, 0.2) is 0 Å². The van der Waals surface area contributed by atoms with E-state index < -0.39 is 23.4 Å². The lowest BCUT2D eigenvalue weighted by Crippen LogP contribution is -2.34. The van der Waals surface area contributed by atoms with Crippen LogP contribution in [-0.2, 0) is 19.0 Å². The maximum absolute atomic E-state index is 11.9. The Bertz CT molecular complexity index is 480. The largest absolute Gasteiger partial charge is 0.464 e. The first-order valence-electron chi connectivity index (χ1n) is 9.40. The molecule has 0 aliphatic heterocycles. The van der Waals surface area contributed by atoms with E-state index in [4.69, 9.17) is 14.2 Å². The highest BCUT2D eigenvalue weighted by molar-refractivity contribution is 5.72. The number of carbonyl (C=O) groups excluding carboxylic acids is 3. The van der Waals surface area contributed by atoms with E-state index in [0.717, 1.165) is 12.8 Å². The van der Waals surface area contributed by atoms with Crippen LogP contribution in [0.5, 0.6) is 0 Å². The maximum Gasteiger partial charge on any atom is 0.407 e. The molecule has 1 atom stereocenters. The normalized spacial score (nSPS) is 12.7. The zero-order valence-corrected chi connectivity index (χ0v) is 17.8. The molecule has 0 aromatic rings. The van der Waals surface area contributed by atoms with Gasteiger partial charge in [-0.1, -0.05) is 13.3 Å². The number of rotatable bonds is 9. The number of ether oxygens (including phenoxy) is 3. The Balaban J connectivity index is 3.76. The van der Waals surface area contributed by atoms with Crippen molar-refractivity contribution in [3.8, 4) is 0 Å². The summed E-state index contributed by atoms with van der Waals surface area (Å²) in [6.45, 7) is 13.3. The summed E-state index contributed by atoms with van der Waals surface area (Å²) in [7, 11) is 0. The van der Waals surface area contributed by atoms with Crippen LogP contribution in [0.25, 0.3) is 0 Å². The molecule has 0 unspecified atom stereocenters. The molecule has 0 heterocycles. The van der Waals surface area contributed by atoms with E-state index in [1.807, 2.05) is 20.8 Å². The fourth-order valence-electron chi connectivity index (χ4n) is 1.96. The minimum absolute atomic E-state index is 0.0998. The van der Waals surface area contributed by atoms with E-state index in [2.05, 4.69) is 10.6 Å². The number of esters is 1. The lowest BCUT2D eigenvalue weighted by Gasteiger charge is -2.20. The molecule has 8 heteroatoms. The Hall–Kier alpha value is -1.99. The van der Waals surface area contributed by atoms with Crippen LogP contribution in [0, 0.1) is 5.92 Å². The van der Waals surface area contributed by atoms with Gasteiger partial charge in [-0.2, -0.15) is 0 Å². The average Bonchev–Trinajstić information content (AvgIpc) is 2.47. The van der Waals surface area contributed by atoms with Crippen LogP contribution in [0.2, 0.25) is 0 Å². The van der Waals surface area contributed by atoms with Crippen molar-refractivity contribution in [1.82, 2.24) is 10.6 Å². The Morgan fingerprint density at radius 2 is 1.30 bits per heavy atom. The minimum Gasteiger partial charge on any atom is -0.464 e. The minimum atomic E-state index is -0.562. The zero-order valence-electron chi connectivity index (χ0n) is 17.8. The summed E-state index contributed by atoms with van der Waals surface area (Å²) in [5.74, 6) is -0.547. The molecule has 0 aromatic heterocycles. The molecule has 0 saturated carbocycles. The molecule has 0 rings (SSSR count). The summed E-state index contributed by atoms with van der Waals surface area (Å²) < 4.78 is 15.4. The fraction of sp³-hybridized carbons (Fsp3) is 0.842. The molecule has 8 nitrogen and oxygen atoms in total. The van der Waals surface area contributed by atoms with E-state index >= 15 is 0 Å². The van der Waals surface area contributed by atoms with Gasteiger partial charge < -0.3 is 24.8 Å². The summed E-state index contributed by atoms with van der Waals surface area (Å²) in [6.07, 6.45) is 1.21. The van der Waals surface area contributed by atoms with Crippen molar-refractivity contribution in [3.05, 3.63) is 0 Å². The molecule has 2 N–H and O–H groups in total. The van der Waals surface area contributed by atoms with Gasteiger partial charge in [0.05, 0.1) is 12.5 Å². The first-order chi connectivity index (χ1) is 12.3. The fourth-order valence-corrected chi connectivity index (χ4v) is 1.96. The highest BCUT2D eigenvalue weighted by Gasteiger charge is 2.17. The number of unbranched alkanes of at least 4 members (excludes halogenated alkanes) is 1. The van der Waals surface area contributed by atoms with Gasteiger partial charge in [0, 0.05) is 6.54 Å². The van der Waals surface area contributed by atoms with Crippen LogP contribution in [0.3, 0.4) is 0 Å². The van der Waals surface area contributed by atoms with E-state index in [0.29, 0.717) is 13.0 Å². The summed E-state index contributed by atoms with van der Waals surface area (Å²) >= 11 is 0. The third-order valence-corrected chi connectivity index (χ3v) is 3.15. The molecular weight excluding hydrogens is 352 g/mol. The van der Waals surface area contributed by atoms with Gasteiger partial charge in [0.2, 0.25) is 0 Å². The molecule has 0 aliphatic rings. The Kier molecular flexibility index (Phi) is 10.8. The number of carbonyl (C=O) groups is 3. The molecule has 158 valence electrons. The molecule has 0 aliphatic carbocycles. The molecule has 0 fully saturated rings. The molecule has 27 heavy (non-hydrogen) atoms. The van der Waals surface area contributed by atoms with Crippen molar-refractivity contribution in [1.29, 1.82) is 0 Å². The third kappa shape index (κ3) is 15.9. The van der Waals surface area contributed by atoms with Crippen molar-refractivity contribution >= 4 is 18.2 Å². The van der Waals surface area contributed by atoms with E-state index in [-0.39, 0.29) is 25.0 Å². The van der Waals surface area contributed by atoms with Crippen molar-refractivity contribution < 1.29 is 28.6 Å². The van der Waals surface area contributed by atoms with Crippen LogP contribution < -0.4 is 10.6 Å². The van der Waals surface area contributed by atoms with Crippen molar-refractivity contribution in [2.75, 3.05) is 19.7 Å². The standard InChI is InChI=1S/C19H36N2O6/c1-14(10-8-9-11-20-16(23)26-18(2,3)4)15(22)25-13-12-21-17(24)27-19(5,6)7/h14H,8-13H2,1-7H3,(H,20,23)(H,21,24)/t14-/m0/s1. The first-order valence-corrected chi connectivity index (χ1v) is 9.40. The summed E-state index contributed by atoms with van der Waals surface area (Å²) in [5, 5.41) is 5.21. The number of alkyl carbamates (subject to hydrolysis) is 2. The number of hydrogen-bond acceptors (Lipinski definition) is 6. The second-order valence-electron chi connectivity index (χ2n) is 8.42. The van der Waals surface area contributed by atoms with Gasteiger partial charge in [-0.25, -0.2) is 9.59 Å². The molecule has 0 spiro atoms. The Labute approximate surface area is 162 Å². The van der Waals surface area contributed by atoms with Gasteiger partial charge in [-0.15, -0.1) is 0 Å². The van der Waals surface area contributed by atoms with Crippen LogP contribution in [0.4, 0.5) is 9.59 Å². The first kappa shape index (κ1) is 25.0. The highest BCUT2D eigenvalue weighted by atomic mass is 16.6. The molecule has 0 bridgehead atoms. The van der Waals surface area contributed by atoms with Gasteiger partial charge >= 0.3 is 18.2 Å². The molecular formula is C19H36N2O6. The molecule has 0 saturated heterocycles. The van der Waals surface area contributed by atoms with E-state index in [1.54, 1.807) is 27.7 Å². The monoisotopic (exact) mass is 388 g/mol. The molecule has 2 amide bonds. The zero-order chi connectivity index (χ0) is 21.1. The van der Waals surface area contributed by atoms with Crippen molar-refractivity contribution in [2.45, 2.75) is 78.9 Å². The van der Waals surface area contributed by atoms with Gasteiger partial charge in [0.1, 0.15) is 17.8 Å². The maximum atomic E-state index is 11.9. The van der Waals surface area contributed by atoms with Gasteiger partial charge in [-0.3, -0.25) is 4.79 Å². The van der Waals surface area contributed by atoms with Crippen LogP contribution in [-0.4, -0.2) is 49.1 Å². The summed E-state index contributed by atoms with van der Waals surface area (Å²) in [5.41, 5.74) is -1.08. The van der Waals surface area contributed by atoms with Crippen LogP contribution >= 0.6 is 0 Å².